The standard InChI is InChI=1S/C18H30N2O3/c1-5-18(6-2,10-11-21)13-19-17(22)20-16-9-7-8-15(12-16)14(3)23-4/h7-9,12,14,21H,5-6,10-11,13H2,1-4H3,(H2,19,20,22). The molecule has 0 radical (unpaired) electrons. The summed E-state index contributed by atoms with van der Waals surface area (Å²) in [6.07, 6.45) is 2.52. The van der Waals surface area contributed by atoms with Gasteiger partial charge in [-0.2, -0.15) is 0 Å². The predicted molar refractivity (Wildman–Crippen MR) is 93.6 cm³/mol. The molecule has 0 aliphatic carbocycles. The number of methoxy groups -OCH3 is 1. The molecule has 0 heterocycles. The molecule has 0 fully saturated rings. The van der Waals surface area contributed by atoms with Gasteiger partial charge in [-0.1, -0.05) is 26.0 Å². The van der Waals surface area contributed by atoms with Crippen molar-refractivity contribution in [1.29, 1.82) is 0 Å². The number of hydrogen-bond acceptors (Lipinski definition) is 3. The zero-order valence-electron chi connectivity index (χ0n) is 14.7. The molecule has 1 aromatic rings. The fourth-order valence-corrected chi connectivity index (χ4v) is 2.63. The Labute approximate surface area is 139 Å². The summed E-state index contributed by atoms with van der Waals surface area (Å²) < 4.78 is 5.29. The van der Waals surface area contributed by atoms with Gasteiger partial charge in [-0.25, -0.2) is 4.79 Å². The number of rotatable bonds is 9. The number of aliphatic hydroxyl groups excluding tert-OH is 1. The molecule has 0 spiro atoms. The number of benzene rings is 1. The Morgan fingerprint density at radius 1 is 1.35 bits per heavy atom. The highest BCUT2D eigenvalue weighted by Crippen LogP contribution is 2.29. The largest absolute Gasteiger partial charge is 0.396 e. The van der Waals surface area contributed by atoms with Gasteiger partial charge in [-0.15, -0.1) is 0 Å². The highest BCUT2D eigenvalue weighted by Gasteiger charge is 2.26. The highest BCUT2D eigenvalue weighted by molar-refractivity contribution is 5.89. The van der Waals surface area contributed by atoms with E-state index in [1.165, 1.54) is 0 Å². The van der Waals surface area contributed by atoms with Gasteiger partial charge < -0.3 is 20.5 Å². The van der Waals surface area contributed by atoms with Crippen LogP contribution in [0.1, 0.15) is 51.7 Å². The maximum Gasteiger partial charge on any atom is 0.319 e. The second-order valence-corrected chi connectivity index (χ2v) is 5.99. The van der Waals surface area contributed by atoms with Gasteiger partial charge >= 0.3 is 6.03 Å². The molecular formula is C18H30N2O3. The number of amides is 2. The molecule has 23 heavy (non-hydrogen) atoms. The van der Waals surface area contributed by atoms with E-state index in [4.69, 9.17) is 4.74 Å². The topological polar surface area (TPSA) is 70.6 Å². The van der Waals surface area contributed by atoms with Crippen molar-refractivity contribution in [3.05, 3.63) is 29.8 Å². The normalized spacial score (nSPS) is 12.7. The number of nitrogens with one attached hydrogen (secondary N) is 2. The van der Waals surface area contributed by atoms with Crippen LogP contribution in [0.2, 0.25) is 0 Å². The second kappa shape index (κ2) is 9.53. The zero-order valence-corrected chi connectivity index (χ0v) is 14.7. The number of carbonyl (C=O) groups excluding carboxylic acids is 1. The first-order valence-corrected chi connectivity index (χ1v) is 8.28. The first-order chi connectivity index (χ1) is 11.0. The van der Waals surface area contributed by atoms with E-state index in [1.54, 1.807) is 7.11 Å². The van der Waals surface area contributed by atoms with Crippen molar-refractivity contribution in [3.63, 3.8) is 0 Å². The number of hydrogen-bond donors (Lipinski definition) is 3. The molecule has 0 aliphatic rings. The third-order valence-corrected chi connectivity index (χ3v) is 4.73. The van der Waals surface area contributed by atoms with E-state index in [-0.39, 0.29) is 24.2 Å². The lowest BCUT2D eigenvalue weighted by Gasteiger charge is -2.31. The van der Waals surface area contributed by atoms with E-state index in [1.807, 2.05) is 31.2 Å². The summed E-state index contributed by atoms with van der Waals surface area (Å²) in [5, 5.41) is 15.0. The average molecular weight is 322 g/mol. The van der Waals surface area contributed by atoms with Crippen molar-refractivity contribution < 1.29 is 14.6 Å². The molecule has 0 saturated heterocycles. The number of ether oxygens (including phenoxy) is 1. The number of carbonyl (C=O) groups is 1. The summed E-state index contributed by atoms with van der Waals surface area (Å²) in [6.45, 7) is 6.84. The van der Waals surface area contributed by atoms with Gasteiger partial charge in [0, 0.05) is 25.9 Å². The van der Waals surface area contributed by atoms with Gasteiger partial charge in [-0.05, 0) is 49.3 Å². The molecular weight excluding hydrogens is 292 g/mol. The molecule has 1 atom stereocenters. The third-order valence-electron chi connectivity index (χ3n) is 4.73. The quantitative estimate of drug-likeness (QED) is 0.649. The van der Waals surface area contributed by atoms with Crippen LogP contribution >= 0.6 is 0 Å². The van der Waals surface area contributed by atoms with Crippen LogP contribution in [0.25, 0.3) is 0 Å². The van der Waals surface area contributed by atoms with E-state index in [0.717, 1.165) is 24.1 Å². The zero-order chi connectivity index (χ0) is 17.3. The lowest BCUT2D eigenvalue weighted by molar-refractivity contribution is 0.119. The van der Waals surface area contributed by atoms with Crippen molar-refractivity contribution >= 4 is 11.7 Å². The van der Waals surface area contributed by atoms with E-state index in [0.29, 0.717) is 13.0 Å². The van der Waals surface area contributed by atoms with E-state index in [2.05, 4.69) is 24.5 Å². The number of anilines is 1. The molecule has 0 aliphatic heterocycles. The van der Waals surface area contributed by atoms with Crippen LogP contribution in [0.3, 0.4) is 0 Å². The lowest BCUT2D eigenvalue weighted by Crippen LogP contribution is -2.39. The van der Waals surface area contributed by atoms with E-state index in [9.17, 15) is 9.90 Å². The van der Waals surface area contributed by atoms with Crippen molar-refractivity contribution in [2.24, 2.45) is 5.41 Å². The third kappa shape index (κ3) is 5.84. The van der Waals surface area contributed by atoms with Crippen LogP contribution in [0.5, 0.6) is 0 Å². The molecule has 3 N–H and O–H groups in total. The molecule has 2 amide bonds. The van der Waals surface area contributed by atoms with Crippen LogP contribution in [-0.2, 0) is 4.74 Å². The maximum atomic E-state index is 12.1. The predicted octanol–water partition coefficient (Wildman–Crippen LogP) is 3.70. The lowest BCUT2D eigenvalue weighted by atomic mass is 9.79. The molecule has 0 bridgehead atoms. The molecule has 0 saturated carbocycles. The maximum absolute atomic E-state index is 12.1. The summed E-state index contributed by atoms with van der Waals surface area (Å²) in [5.74, 6) is 0. The van der Waals surface area contributed by atoms with Gasteiger partial charge in [-0.3, -0.25) is 0 Å². The first-order valence-electron chi connectivity index (χ1n) is 8.28. The van der Waals surface area contributed by atoms with E-state index >= 15 is 0 Å². The Morgan fingerprint density at radius 2 is 2.04 bits per heavy atom. The molecule has 1 unspecified atom stereocenters. The monoisotopic (exact) mass is 322 g/mol. The summed E-state index contributed by atoms with van der Waals surface area (Å²) in [7, 11) is 1.66. The Hall–Kier alpha value is -1.59. The summed E-state index contributed by atoms with van der Waals surface area (Å²) in [6, 6.07) is 7.41. The summed E-state index contributed by atoms with van der Waals surface area (Å²) in [5.41, 5.74) is 1.71. The second-order valence-electron chi connectivity index (χ2n) is 5.99. The first kappa shape index (κ1) is 19.5. The smallest absolute Gasteiger partial charge is 0.319 e. The minimum atomic E-state index is -0.226. The average Bonchev–Trinajstić information content (AvgIpc) is 2.58. The van der Waals surface area contributed by atoms with E-state index < -0.39 is 0 Å². The molecule has 5 nitrogen and oxygen atoms in total. The fraction of sp³-hybridized carbons (Fsp3) is 0.611. The van der Waals surface area contributed by atoms with Gasteiger partial charge in [0.25, 0.3) is 0 Å². The van der Waals surface area contributed by atoms with Crippen LogP contribution < -0.4 is 10.6 Å². The van der Waals surface area contributed by atoms with Crippen LogP contribution in [0.4, 0.5) is 10.5 Å². The van der Waals surface area contributed by atoms with Gasteiger partial charge in [0.15, 0.2) is 0 Å². The Bertz CT molecular complexity index is 487. The SMILES string of the molecule is CCC(CC)(CCO)CNC(=O)Nc1cccc(C(C)OC)c1. The molecule has 1 aromatic carbocycles. The Kier molecular flexibility index (Phi) is 8.06. The highest BCUT2D eigenvalue weighted by atomic mass is 16.5. The van der Waals surface area contributed by atoms with Crippen LogP contribution in [0, 0.1) is 5.41 Å². The van der Waals surface area contributed by atoms with Gasteiger partial charge in [0.1, 0.15) is 0 Å². The molecule has 5 heteroatoms. The Balaban J connectivity index is 2.63. The fourth-order valence-electron chi connectivity index (χ4n) is 2.63. The van der Waals surface area contributed by atoms with Gasteiger partial charge in [0.2, 0.25) is 0 Å². The molecule has 1 rings (SSSR count). The molecule has 130 valence electrons. The van der Waals surface area contributed by atoms with Crippen LogP contribution in [0.15, 0.2) is 24.3 Å². The van der Waals surface area contributed by atoms with Crippen LogP contribution in [-0.4, -0.2) is 31.4 Å². The van der Waals surface area contributed by atoms with Crippen molar-refractivity contribution in [3.8, 4) is 0 Å². The summed E-state index contributed by atoms with van der Waals surface area (Å²) in [4.78, 5) is 12.1. The Morgan fingerprint density at radius 3 is 2.61 bits per heavy atom. The summed E-state index contributed by atoms with van der Waals surface area (Å²) >= 11 is 0. The minimum Gasteiger partial charge on any atom is -0.396 e. The van der Waals surface area contributed by atoms with Crippen molar-refractivity contribution in [1.82, 2.24) is 5.32 Å². The van der Waals surface area contributed by atoms with Crippen molar-refractivity contribution in [2.45, 2.75) is 46.1 Å². The molecule has 0 aromatic heterocycles. The number of aliphatic hydroxyl groups is 1. The number of urea groups is 1. The van der Waals surface area contributed by atoms with Crippen molar-refractivity contribution in [2.75, 3.05) is 25.6 Å². The minimum absolute atomic E-state index is 0.0165. The van der Waals surface area contributed by atoms with Gasteiger partial charge in [0.05, 0.1) is 6.10 Å².